The van der Waals surface area contributed by atoms with Crippen molar-refractivity contribution < 1.29 is 4.52 Å². The van der Waals surface area contributed by atoms with E-state index in [1.165, 1.54) is 0 Å². The molecule has 26 heavy (non-hydrogen) atoms. The summed E-state index contributed by atoms with van der Waals surface area (Å²) >= 11 is 0. The normalized spacial score (nSPS) is 10.9. The maximum Gasteiger partial charge on any atom is 0.225 e. The van der Waals surface area contributed by atoms with Crippen molar-refractivity contribution in [1.82, 2.24) is 20.0 Å². The Balaban J connectivity index is 1.81. The Morgan fingerprint density at radius 3 is 2.54 bits per heavy atom. The Labute approximate surface area is 153 Å². The molecule has 1 aromatic carbocycles. The number of hydrogen-bond donors (Lipinski definition) is 2. The van der Waals surface area contributed by atoms with Crippen molar-refractivity contribution in [3.8, 4) is 11.3 Å². The van der Waals surface area contributed by atoms with E-state index < -0.39 is 0 Å². The third-order valence-electron chi connectivity index (χ3n) is 3.75. The highest BCUT2D eigenvalue weighted by Gasteiger charge is 2.09. The fourth-order valence-electron chi connectivity index (χ4n) is 2.50. The maximum atomic E-state index is 5.11. The van der Waals surface area contributed by atoms with Gasteiger partial charge in [0, 0.05) is 24.2 Å². The molecule has 2 heterocycles. The van der Waals surface area contributed by atoms with Gasteiger partial charge in [-0.1, -0.05) is 35.5 Å². The Bertz CT molecular complexity index is 831. The largest absolute Gasteiger partial charge is 0.360 e. The molecule has 2 N–H and O–H groups in total. The summed E-state index contributed by atoms with van der Waals surface area (Å²) in [5.41, 5.74) is 1.88. The van der Waals surface area contributed by atoms with Crippen molar-refractivity contribution in [2.75, 3.05) is 37.8 Å². The summed E-state index contributed by atoms with van der Waals surface area (Å²) in [4.78, 5) is 11.4. The predicted molar refractivity (Wildman–Crippen MR) is 104 cm³/mol. The second-order valence-electron chi connectivity index (χ2n) is 6.36. The van der Waals surface area contributed by atoms with Crippen molar-refractivity contribution >= 4 is 17.6 Å². The van der Waals surface area contributed by atoms with Crippen molar-refractivity contribution in [1.29, 1.82) is 0 Å². The quantitative estimate of drug-likeness (QED) is 0.600. The van der Waals surface area contributed by atoms with Crippen molar-refractivity contribution in [2.45, 2.75) is 13.3 Å². The molecule has 3 aromatic rings. The van der Waals surface area contributed by atoms with Crippen LogP contribution in [0.4, 0.5) is 17.6 Å². The van der Waals surface area contributed by atoms with Crippen molar-refractivity contribution in [2.24, 2.45) is 0 Å². The molecular weight excluding hydrogens is 328 g/mol. The van der Waals surface area contributed by atoms with Crippen LogP contribution >= 0.6 is 0 Å². The van der Waals surface area contributed by atoms with E-state index in [0.717, 1.165) is 36.5 Å². The van der Waals surface area contributed by atoms with Crippen LogP contribution in [0.15, 0.2) is 47.0 Å². The first-order valence-corrected chi connectivity index (χ1v) is 8.63. The van der Waals surface area contributed by atoms with Crippen molar-refractivity contribution in [3.05, 3.63) is 48.2 Å². The van der Waals surface area contributed by atoms with E-state index >= 15 is 0 Å². The average molecular weight is 352 g/mol. The molecule has 0 amide bonds. The Hall–Kier alpha value is -2.93. The van der Waals surface area contributed by atoms with Gasteiger partial charge in [0.15, 0.2) is 5.82 Å². The first kappa shape index (κ1) is 17.9. The number of aromatic nitrogens is 3. The number of anilines is 3. The summed E-state index contributed by atoms with van der Waals surface area (Å²) in [6, 6.07) is 13.8. The minimum atomic E-state index is 0.591. The van der Waals surface area contributed by atoms with E-state index in [0.29, 0.717) is 17.6 Å². The Morgan fingerprint density at radius 1 is 1.04 bits per heavy atom. The Morgan fingerprint density at radius 2 is 1.85 bits per heavy atom. The summed E-state index contributed by atoms with van der Waals surface area (Å²) in [5.74, 6) is 2.63. The van der Waals surface area contributed by atoms with Gasteiger partial charge >= 0.3 is 0 Å². The van der Waals surface area contributed by atoms with Gasteiger partial charge in [-0.15, -0.1) is 0 Å². The minimum absolute atomic E-state index is 0.591. The molecule has 136 valence electrons. The number of nitrogens with zero attached hydrogens (tertiary/aromatic N) is 4. The summed E-state index contributed by atoms with van der Waals surface area (Å²) in [6.07, 6.45) is 1.01. The molecule has 0 radical (unpaired) electrons. The molecule has 0 saturated carbocycles. The summed E-state index contributed by atoms with van der Waals surface area (Å²) < 4.78 is 5.11. The molecule has 0 bridgehead atoms. The number of rotatable bonds is 8. The molecular formula is C19H24N6O. The van der Waals surface area contributed by atoms with Crippen LogP contribution in [-0.2, 0) is 0 Å². The molecule has 2 aromatic heterocycles. The highest BCUT2D eigenvalue weighted by Crippen LogP contribution is 2.23. The number of aryl methyl sites for hydroxylation is 1. The first-order valence-electron chi connectivity index (χ1n) is 8.63. The number of hydrogen-bond acceptors (Lipinski definition) is 7. The van der Waals surface area contributed by atoms with Crippen LogP contribution < -0.4 is 10.6 Å². The zero-order valence-electron chi connectivity index (χ0n) is 15.4. The number of nitrogens with one attached hydrogen (secondary N) is 2. The van der Waals surface area contributed by atoms with Gasteiger partial charge in [-0.3, -0.25) is 0 Å². The van der Waals surface area contributed by atoms with E-state index in [2.05, 4.69) is 44.8 Å². The van der Waals surface area contributed by atoms with Crippen LogP contribution in [0.3, 0.4) is 0 Å². The highest BCUT2D eigenvalue weighted by atomic mass is 16.5. The molecule has 0 atom stereocenters. The summed E-state index contributed by atoms with van der Waals surface area (Å²) in [6.45, 7) is 3.67. The number of benzene rings is 1. The van der Waals surface area contributed by atoms with E-state index in [1.807, 2.05) is 49.4 Å². The van der Waals surface area contributed by atoms with Crippen LogP contribution in [-0.4, -0.2) is 47.2 Å². The standard InChI is InChI=1S/C19H24N6O/c1-14-12-18(24-26-14)22-17-13-16(15-8-5-4-6-9-15)21-19(23-17)20-10-7-11-25(2)3/h4-6,8-9,12-13H,7,10-11H2,1-3H3,(H2,20,21,22,23,24). The zero-order valence-corrected chi connectivity index (χ0v) is 15.4. The zero-order chi connectivity index (χ0) is 18.4. The van der Waals surface area contributed by atoms with Crippen LogP contribution in [0.5, 0.6) is 0 Å². The fourth-order valence-corrected chi connectivity index (χ4v) is 2.50. The van der Waals surface area contributed by atoms with Crippen LogP contribution in [0.1, 0.15) is 12.2 Å². The van der Waals surface area contributed by atoms with Gasteiger partial charge in [0.05, 0.1) is 5.69 Å². The van der Waals surface area contributed by atoms with Crippen LogP contribution in [0.25, 0.3) is 11.3 Å². The molecule has 0 aliphatic rings. The van der Waals surface area contributed by atoms with Crippen molar-refractivity contribution in [3.63, 3.8) is 0 Å². The molecule has 7 heteroatoms. The minimum Gasteiger partial charge on any atom is -0.360 e. The van der Waals surface area contributed by atoms with Gasteiger partial charge < -0.3 is 20.1 Å². The van der Waals surface area contributed by atoms with E-state index in [9.17, 15) is 0 Å². The molecule has 0 spiro atoms. The maximum absolute atomic E-state index is 5.11. The smallest absolute Gasteiger partial charge is 0.225 e. The molecule has 0 saturated heterocycles. The fraction of sp³-hybridized carbons (Fsp3) is 0.316. The lowest BCUT2D eigenvalue weighted by molar-refractivity contribution is 0.400. The second kappa shape index (κ2) is 8.44. The van der Waals surface area contributed by atoms with Gasteiger partial charge in [0.1, 0.15) is 11.6 Å². The molecule has 0 aliphatic heterocycles. The lowest BCUT2D eigenvalue weighted by Crippen LogP contribution is -2.17. The highest BCUT2D eigenvalue weighted by molar-refractivity contribution is 5.66. The molecule has 7 nitrogen and oxygen atoms in total. The van der Waals surface area contributed by atoms with E-state index in [4.69, 9.17) is 4.52 Å². The topological polar surface area (TPSA) is 79.1 Å². The van der Waals surface area contributed by atoms with Gasteiger partial charge in [-0.05, 0) is 34.0 Å². The molecule has 3 rings (SSSR count). The molecule has 0 unspecified atom stereocenters. The van der Waals surface area contributed by atoms with Gasteiger partial charge in [-0.25, -0.2) is 4.98 Å². The lowest BCUT2D eigenvalue weighted by Gasteiger charge is -2.12. The van der Waals surface area contributed by atoms with Gasteiger partial charge in [0.25, 0.3) is 0 Å². The summed E-state index contributed by atoms with van der Waals surface area (Å²) in [5, 5.41) is 10.5. The molecule has 0 fully saturated rings. The second-order valence-corrected chi connectivity index (χ2v) is 6.36. The summed E-state index contributed by atoms with van der Waals surface area (Å²) in [7, 11) is 4.13. The molecule has 0 aliphatic carbocycles. The predicted octanol–water partition coefficient (Wildman–Crippen LogP) is 3.55. The van der Waals surface area contributed by atoms with Crippen LogP contribution in [0, 0.1) is 6.92 Å². The SMILES string of the molecule is Cc1cc(Nc2cc(-c3ccccc3)nc(NCCCN(C)C)n2)no1. The Kier molecular flexibility index (Phi) is 5.80. The monoisotopic (exact) mass is 352 g/mol. The van der Waals surface area contributed by atoms with Crippen LogP contribution in [0.2, 0.25) is 0 Å². The van der Waals surface area contributed by atoms with Gasteiger partial charge in [-0.2, -0.15) is 4.98 Å². The third kappa shape index (κ3) is 5.03. The van der Waals surface area contributed by atoms with E-state index in [1.54, 1.807) is 0 Å². The average Bonchev–Trinajstić information content (AvgIpc) is 3.04. The lowest BCUT2D eigenvalue weighted by atomic mass is 10.1. The first-order chi connectivity index (χ1) is 12.6. The third-order valence-corrected chi connectivity index (χ3v) is 3.75. The van der Waals surface area contributed by atoms with E-state index in [-0.39, 0.29) is 0 Å². The van der Waals surface area contributed by atoms with Gasteiger partial charge in [0.2, 0.25) is 5.95 Å².